The molecule has 0 aliphatic carbocycles. The molecule has 7 atom stereocenters. The van der Waals surface area contributed by atoms with E-state index in [1.807, 2.05) is 62.9 Å². The molecule has 0 spiro atoms. The van der Waals surface area contributed by atoms with Crippen molar-refractivity contribution in [1.82, 2.24) is 15.5 Å². The van der Waals surface area contributed by atoms with Crippen LogP contribution in [0.25, 0.3) is 0 Å². The molecule has 4 rings (SSSR count). The van der Waals surface area contributed by atoms with Crippen molar-refractivity contribution in [2.45, 2.75) is 92.2 Å². The van der Waals surface area contributed by atoms with Crippen molar-refractivity contribution in [2.24, 2.45) is 5.92 Å². The standard InChI is InChI=1S/C28H43N3O6S3/c1-18-24(11-13-40(18,35)36)37-27(34)29-21(17-39-20-8-6-5-7-9-20)23(32)16-31-15-19-10-12-38-25(19)14-22(31)26(33)30-28(2,3)4/h5-9,18-19,21-25,32H,10-17H2,1-4H3,(H,29,34)(H,30,33)/t18-,19-,21+,22+,23-,24+,25+/m1/s1. The van der Waals surface area contributed by atoms with Crippen molar-refractivity contribution >= 4 is 45.4 Å². The molecule has 0 radical (unpaired) electrons. The summed E-state index contributed by atoms with van der Waals surface area (Å²) in [6.45, 7) is 8.39. The van der Waals surface area contributed by atoms with E-state index >= 15 is 0 Å². The highest BCUT2D eigenvalue weighted by atomic mass is 32.2. The fourth-order valence-electron chi connectivity index (χ4n) is 5.62. The van der Waals surface area contributed by atoms with Crippen molar-refractivity contribution in [3.8, 4) is 0 Å². The fraction of sp³-hybridized carbons (Fsp3) is 0.714. The summed E-state index contributed by atoms with van der Waals surface area (Å²) in [4.78, 5) is 29.3. The molecule has 2 amide bonds. The van der Waals surface area contributed by atoms with Gasteiger partial charge in [-0.1, -0.05) is 18.2 Å². The van der Waals surface area contributed by atoms with Crippen molar-refractivity contribution in [3.63, 3.8) is 0 Å². The zero-order valence-electron chi connectivity index (χ0n) is 23.7. The molecule has 3 saturated heterocycles. The number of likely N-dealkylation sites (tertiary alicyclic amines) is 1. The molecule has 3 fully saturated rings. The number of carbonyl (C=O) groups is 2. The minimum Gasteiger partial charge on any atom is -0.445 e. The molecule has 0 aromatic heterocycles. The Morgan fingerprint density at radius 3 is 2.60 bits per heavy atom. The molecule has 9 nitrogen and oxygen atoms in total. The van der Waals surface area contributed by atoms with E-state index in [1.54, 1.807) is 6.92 Å². The van der Waals surface area contributed by atoms with Crippen LogP contribution >= 0.6 is 23.5 Å². The maximum Gasteiger partial charge on any atom is 0.407 e. The number of hydrogen-bond donors (Lipinski definition) is 3. The second-order valence-electron chi connectivity index (χ2n) is 12.1. The number of aliphatic hydroxyl groups excluding tert-OH is 1. The van der Waals surface area contributed by atoms with Gasteiger partial charge in [-0.2, -0.15) is 11.8 Å². The summed E-state index contributed by atoms with van der Waals surface area (Å²) in [6, 6.07) is 8.68. The Morgan fingerprint density at radius 2 is 1.95 bits per heavy atom. The number of alkyl carbamates (subject to hydrolysis) is 1. The highest BCUT2D eigenvalue weighted by Gasteiger charge is 2.44. The molecule has 1 aromatic carbocycles. The second kappa shape index (κ2) is 13.2. The quantitative estimate of drug-likeness (QED) is 0.361. The molecule has 1 aromatic rings. The molecule has 12 heteroatoms. The molecular weight excluding hydrogens is 571 g/mol. The van der Waals surface area contributed by atoms with E-state index in [4.69, 9.17) is 4.74 Å². The summed E-state index contributed by atoms with van der Waals surface area (Å²) in [5.41, 5.74) is -0.369. The van der Waals surface area contributed by atoms with Gasteiger partial charge in [0.15, 0.2) is 9.84 Å². The fourth-order valence-corrected chi connectivity index (χ4v) is 9.78. The molecule has 40 heavy (non-hydrogen) atoms. The molecule has 3 N–H and O–H groups in total. The third kappa shape index (κ3) is 8.30. The van der Waals surface area contributed by atoms with Crippen LogP contribution in [0, 0.1) is 5.92 Å². The van der Waals surface area contributed by atoms with E-state index in [0.717, 1.165) is 30.0 Å². The van der Waals surface area contributed by atoms with Crippen LogP contribution in [-0.2, 0) is 19.4 Å². The first kappa shape index (κ1) is 31.5. The van der Waals surface area contributed by atoms with E-state index in [-0.39, 0.29) is 36.2 Å². The van der Waals surface area contributed by atoms with Crippen LogP contribution in [-0.4, -0.2) is 101 Å². The number of fused-ring (bicyclic) bond motifs is 1. The number of ether oxygens (including phenoxy) is 1. The maximum absolute atomic E-state index is 13.3. The predicted molar refractivity (Wildman–Crippen MR) is 160 cm³/mol. The normalized spacial score (nSPS) is 29.8. The Labute approximate surface area is 246 Å². The van der Waals surface area contributed by atoms with Gasteiger partial charge >= 0.3 is 6.09 Å². The van der Waals surface area contributed by atoms with Crippen molar-refractivity contribution in [1.29, 1.82) is 0 Å². The van der Waals surface area contributed by atoms with Gasteiger partial charge in [0.2, 0.25) is 5.91 Å². The summed E-state index contributed by atoms with van der Waals surface area (Å²) in [6.07, 6.45) is -0.327. The third-order valence-corrected chi connectivity index (χ3v) is 12.8. The van der Waals surface area contributed by atoms with Crippen LogP contribution in [0.5, 0.6) is 0 Å². The number of amides is 2. The lowest BCUT2D eigenvalue weighted by molar-refractivity contribution is -0.130. The number of nitrogens with one attached hydrogen (secondary N) is 2. The molecule has 224 valence electrons. The van der Waals surface area contributed by atoms with E-state index in [9.17, 15) is 23.1 Å². The Bertz CT molecular complexity index is 1130. The van der Waals surface area contributed by atoms with Crippen molar-refractivity contribution in [3.05, 3.63) is 30.3 Å². The number of nitrogens with zero attached hydrogens (tertiary/aromatic N) is 1. The predicted octanol–water partition coefficient (Wildman–Crippen LogP) is 2.92. The summed E-state index contributed by atoms with van der Waals surface area (Å²) >= 11 is 3.44. The number of sulfone groups is 1. The van der Waals surface area contributed by atoms with Gasteiger partial charge in [0, 0.05) is 34.5 Å². The lowest BCUT2D eigenvalue weighted by Gasteiger charge is -2.43. The van der Waals surface area contributed by atoms with Crippen LogP contribution in [0.15, 0.2) is 35.2 Å². The highest BCUT2D eigenvalue weighted by Crippen LogP contribution is 2.40. The Balaban J connectivity index is 1.46. The Hall–Kier alpha value is -1.47. The van der Waals surface area contributed by atoms with Crippen LogP contribution in [0.2, 0.25) is 0 Å². The third-order valence-electron chi connectivity index (χ3n) is 7.91. The molecule has 0 saturated carbocycles. The molecule has 3 aliphatic rings. The lowest BCUT2D eigenvalue weighted by Crippen LogP contribution is -2.60. The number of carbonyl (C=O) groups excluding carboxylic acids is 2. The smallest absolute Gasteiger partial charge is 0.407 e. The maximum atomic E-state index is 13.3. The number of β-amino-alcohol motifs (C(OH)–C–C–N with tert-alkyl or cyclic N) is 1. The first-order chi connectivity index (χ1) is 18.8. The van der Waals surface area contributed by atoms with Crippen LogP contribution < -0.4 is 10.6 Å². The SMILES string of the molecule is C[C@@H]1[C@@H](OC(=O)N[C@@H](CSc2ccccc2)[C@H](O)CN2C[C@H]3CCS[C@H]3C[C@H]2C(=O)NC(C)(C)C)CCS1(=O)=O. The minimum absolute atomic E-state index is 0.00451. The number of aliphatic hydroxyl groups is 1. The zero-order chi connectivity index (χ0) is 29.1. The van der Waals surface area contributed by atoms with Gasteiger partial charge in [0.05, 0.1) is 29.2 Å². The average molecular weight is 614 g/mol. The van der Waals surface area contributed by atoms with Crippen molar-refractivity contribution < 1.29 is 27.9 Å². The number of benzene rings is 1. The monoisotopic (exact) mass is 613 g/mol. The molecule has 0 bridgehead atoms. The molecule has 3 heterocycles. The van der Waals surface area contributed by atoms with Crippen LogP contribution in [0.3, 0.4) is 0 Å². The molecule has 0 unspecified atom stereocenters. The number of piperidine rings is 1. The number of thioether (sulfide) groups is 2. The second-order valence-corrected chi connectivity index (χ2v) is 17.1. The minimum atomic E-state index is -3.27. The topological polar surface area (TPSA) is 125 Å². The Kier molecular flexibility index (Phi) is 10.4. The zero-order valence-corrected chi connectivity index (χ0v) is 26.2. The summed E-state index contributed by atoms with van der Waals surface area (Å²) in [5.74, 6) is 1.89. The average Bonchev–Trinajstić information content (AvgIpc) is 3.44. The molecular formula is C28H43N3O6S3. The van der Waals surface area contributed by atoms with E-state index in [1.165, 1.54) is 11.8 Å². The van der Waals surface area contributed by atoms with Gasteiger partial charge in [-0.25, -0.2) is 13.2 Å². The first-order valence-electron chi connectivity index (χ1n) is 14.0. The van der Waals surface area contributed by atoms with Crippen molar-refractivity contribution in [2.75, 3.05) is 30.3 Å². The summed E-state index contributed by atoms with van der Waals surface area (Å²) in [5, 5.41) is 17.1. The van der Waals surface area contributed by atoms with Gasteiger partial charge in [0.1, 0.15) is 6.10 Å². The van der Waals surface area contributed by atoms with Gasteiger partial charge in [-0.15, -0.1) is 11.8 Å². The lowest BCUT2D eigenvalue weighted by atomic mass is 9.89. The van der Waals surface area contributed by atoms with Crippen LogP contribution in [0.4, 0.5) is 4.79 Å². The number of hydrogen-bond acceptors (Lipinski definition) is 9. The van der Waals surface area contributed by atoms with E-state index in [2.05, 4.69) is 15.5 Å². The van der Waals surface area contributed by atoms with Gasteiger partial charge in [-0.05, 0) is 70.8 Å². The van der Waals surface area contributed by atoms with E-state index in [0.29, 0.717) is 16.9 Å². The summed E-state index contributed by atoms with van der Waals surface area (Å²) < 4.78 is 29.8. The van der Waals surface area contributed by atoms with Gasteiger partial charge in [0.25, 0.3) is 0 Å². The first-order valence-corrected chi connectivity index (χ1v) is 17.8. The Morgan fingerprint density at radius 1 is 1.23 bits per heavy atom. The molecule has 3 aliphatic heterocycles. The highest BCUT2D eigenvalue weighted by molar-refractivity contribution is 8.00. The summed E-state index contributed by atoms with van der Waals surface area (Å²) in [7, 11) is -3.27. The van der Waals surface area contributed by atoms with Gasteiger partial charge in [-0.3, -0.25) is 9.69 Å². The van der Waals surface area contributed by atoms with E-state index < -0.39 is 39.4 Å². The number of rotatable bonds is 9. The van der Waals surface area contributed by atoms with Gasteiger partial charge < -0.3 is 20.5 Å². The van der Waals surface area contributed by atoms with Crippen LogP contribution in [0.1, 0.15) is 47.0 Å². The largest absolute Gasteiger partial charge is 0.445 e.